The Morgan fingerprint density at radius 2 is 1.61 bits per heavy atom. The van der Waals surface area contributed by atoms with Crippen molar-refractivity contribution in [3.8, 4) is 0 Å². The topological polar surface area (TPSA) is 78.1 Å². The molecule has 0 heterocycles. The van der Waals surface area contributed by atoms with Crippen molar-refractivity contribution in [1.82, 2.24) is 10.8 Å². The maximum absolute atomic E-state index is 10.0. The molecule has 0 spiro atoms. The van der Waals surface area contributed by atoms with Crippen LogP contribution in [0.2, 0.25) is 6.04 Å². The summed E-state index contributed by atoms with van der Waals surface area (Å²) in [6.45, 7) is 7.94. The van der Waals surface area contributed by atoms with Crippen molar-refractivity contribution >= 4 is 17.4 Å². The second-order valence-electron chi connectivity index (χ2n) is 3.24. The fourth-order valence-corrected chi connectivity index (χ4v) is 4.15. The highest BCUT2D eigenvalue weighted by molar-refractivity contribution is 7.20. The molecule has 0 amide bonds. The molecular weight excluding hydrogens is 275 g/mol. The zero-order chi connectivity index (χ0) is 13.7. The summed E-state index contributed by atoms with van der Waals surface area (Å²) in [5.74, 6) is 0. The minimum atomic E-state index is -2.56. The molecule has 0 aromatic heterocycles. The first-order chi connectivity index (χ1) is 8.74. The van der Waals surface area contributed by atoms with Crippen molar-refractivity contribution in [1.29, 1.82) is 0 Å². The van der Waals surface area contributed by atoms with Gasteiger partial charge in [-0.3, -0.25) is 9.40 Å². The molecule has 0 bridgehead atoms. The molecule has 0 atom stereocenters. The Morgan fingerprint density at radius 3 is 2.06 bits per heavy atom. The smallest absolute Gasteiger partial charge is 0.374 e. The molecule has 0 saturated heterocycles. The number of hydrazine groups is 1. The second-order valence-corrected chi connectivity index (χ2v) is 6.38. The van der Waals surface area contributed by atoms with Crippen LogP contribution in [0.4, 0.5) is 0 Å². The lowest BCUT2D eigenvalue weighted by atomic mass is 10.5. The van der Waals surface area contributed by atoms with Gasteiger partial charge in [0.2, 0.25) is 0 Å². The standard InChI is InChI=1S/C9H23N2O5PSi/c1-4-14-18(15-5-2,16-6-3)9-7-8-13-10-11-17-12/h10H,4-9H2,1-3H3,(H,11,12). The average Bonchev–Trinajstić information content (AvgIpc) is 2.35. The summed E-state index contributed by atoms with van der Waals surface area (Å²) in [5.41, 5.74) is 2.34. The van der Waals surface area contributed by atoms with Crippen LogP contribution in [0, 0.1) is 0 Å². The lowest BCUT2D eigenvalue weighted by Gasteiger charge is -2.28. The van der Waals surface area contributed by atoms with Gasteiger partial charge >= 0.3 is 8.80 Å². The van der Waals surface area contributed by atoms with E-state index in [1.54, 1.807) is 0 Å². The van der Waals surface area contributed by atoms with E-state index in [0.717, 1.165) is 6.42 Å². The minimum absolute atomic E-state index is 0.227. The zero-order valence-electron chi connectivity index (χ0n) is 11.2. The fraction of sp³-hybridized carbons (Fsp3) is 1.00. The van der Waals surface area contributed by atoms with Crippen molar-refractivity contribution in [3.05, 3.63) is 0 Å². The van der Waals surface area contributed by atoms with Gasteiger partial charge in [-0.25, -0.2) is 0 Å². The highest BCUT2D eigenvalue weighted by Crippen LogP contribution is 2.17. The largest absolute Gasteiger partial charge is 0.501 e. The number of hydrogen-bond donors (Lipinski definition) is 2. The van der Waals surface area contributed by atoms with Gasteiger partial charge in [0.05, 0.1) is 6.61 Å². The summed E-state index contributed by atoms with van der Waals surface area (Å²) in [4.78, 5) is 4.99. The molecule has 2 N–H and O–H groups in total. The molecule has 0 radical (unpaired) electrons. The molecule has 0 aromatic carbocycles. The second kappa shape index (κ2) is 12.1. The van der Waals surface area contributed by atoms with E-state index < -0.39 is 8.80 Å². The third-order valence-electron chi connectivity index (χ3n) is 1.99. The molecule has 0 saturated carbocycles. The van der Waals surface area contributed by atoms with Crippen molar-refractivity contribution in [3.63, 3.8) is 0 Å². The van der Waals surface area contributed by atoms with Gasteiger partial charge in [-0.1, -0.05) is 0 Å². The molecule has 0 aromatic rings. The molecule has 0 aliphatic heterocycles. The van der Waals surface area contributed by atoms with Crippen LogP contribution in [0.3, 0.4) is 0 Å². The molecule has 0 aliphatic carbocycles. The van der Waals surface area contributed by atoms with Crippen LogP contribution in [0.25, 0.3) is 0 Å². The summed E-state index contributed by atoms with van der Waals surface area (Å²) in [5, 5.41) is 2.28. The normalized spacial score (nSPS) is 12.2. The third kappa shape index (κ3) is 8.23. The molecular formula is C9H23N2O5PSi. The van der Waals surface area contributed by atoms with Crippen molar-refractivity contribution in [2.75, 3.05) is 26.4 Å². The van der Waals surface area contributed by atoms with E-state index in [-0.39, 0.29) is 8.61 Å². The first-order valence-electron chi connectivity index (χ1n) is 6.10. The Labute approximate surface area is 111 Å². The summed E-state index contributed by atoms with van der Waals surface area (Å²) in [7, 11) is -2.78. The van der Waals surface area contributed by atoms with Gasteiger partial charge < -0.3 is 13.3 Å². The van der Waals surface area contributed by atoms with Gasteiger partial charge in [0, 0.05) is 25.9 Å². The van der Waals surface area contributed by atoms with Gasteiger partial charge in [0.1, 0.15) is 0 Å². The number of hydrogen-bond acceptors (Lipinski definition) is 6. The van der Waals surface area contributed by atoms with Gasteiger partial charge in [-0.05, 0) is 27.2 Å². The number of nitrogens with one attached hydrogen (secondary N) is 2. The summed E-state index contributed by atoms with van der Waals surface area (Å²) in [6, 6.07) is 0.694. The predicted octanol–water partition coefficient (Wildman–Crippen LogP) is 1.66. The highest BCUT2D eigenvalue weighted by atomic mass is 31.1. The number of rotatable bonds is 13. The molecule has 108 valence electrons. The summed E-state index contributed by atoms with van der Waals surface area (Å²) < 4.78 is 27.1. The Hall–Kier alpha value is 0.0769. The van der Waals surface area contributed by atoms with E-state index >= 15 is 0 Å². The SMILES string of the molecule is CCO[Si](CCCONNP=O)(OCC)OCC. The van der Waals surface area contributed by atoms with Crippen LogP contribution in [-0.4, -0.2) is 35.2 Å². The predicted molar refractivity (Wildman–Crippen MR) is 69.9 cm³/mol. The maximum Gasteiger partial charge on any atom is 0.501 e. The Bertz CT molecular complexity index is 196. The van der Waals surface area contributed by atoms with E-state index in [2.05, 4.69) is 10.8 Å². The molecule has 9 heteroatoms. The maximum atomic E-state index is 10.0. The monoisotopic (exact) mass is 298 g/mol. The Balaban J connectivity index is 4.00. The van der Waals surface area contributed by atoms with Crippen molar-refractivity contribution in [2.24, 2.45) is 0 Å². The van der Waals surface area contributed by atoms with Crippen molar-refractivity contribution < 1.29 is 22.7 Å². The molecule has 0 fully saturated rings. The first kappa shape index (κ1) is 18.1. The highest BCUT2D eigenvalue weighted by Gasteiger charge is 2.39. The van der Waals surface area contributed by atoms with Crippen LogP contribution in [0.5, 0.6) is 0 Å². The summed E-state index contributed by atoms with van der Waals surface area (Å²) in [6.07, 6.45) is 0.733. The van der Waals surface area contributed by atoms with Gasteiger partial charge in [-0.15, -0.1) is 10.8 Å². The van der Waals surface area contributed by atoms with E-state index in [9.17, 15) is 4.57 Å². The van der Waals surface area contributed by atoms with Crippen LogP contribution < -0.4 is 10.8 Å². The lowest BCUT2D eigenvalue weighted by Crippen LogP contribution is -2.46. The molecule has 0 aliphatic rings. The van der Waals surface area contributed by atoms with E-state index in [1.165, 1.54) is 0 Å². The van der Waals surface area contributed by atoms with Gasteiger partial charge in [0.15, 0.2) is 0 Å². The van der Waals surface area contributed by atoms with E-state index in [1.807, 2.05) is 20.8 Å². The quantitative estimate of drug-likeness (QED) is 0.232. The average molecular weight is 298 g/mol. The van der Waals surface area contributed by atoms with Crippen LogP contribution in [0.1, 0.15) is 27.2 Å². The van der Waals surface area contributed by atoms with Crippen LogP contribution in [0.15, 0.2) is 0 Å². The Kier molecular flexibility index (Phi) is 12.2. The van der Waals surface area contributed by atoms with Gasteiger partial charge in [0.25, 0.3) is 8.61 Å². The van der Waals surface area contributed by atoms with Crippen LogP contribution in [-0.2, 0) is 22.7 Å². The van der Waals surface area contributed by atoms with E-state index in [4.69, 9.17) is 18.1 Å². The molecule has 18 heavy (non-hydrogen) atoms. The minimum Gasteiger partial charge on any atom is -0.374 e. The molecule has 0 rings (SSSR count). The zero-order valence-corrected chi connectivity index (χ0v) is 13.1. The first-order valence-corrected chi connectivity index (χ1v) is 8.85. The van der Waals surface area contributed by atoms with Gasteiger partial charge in [-0.2, -0.15) is 0 Å². The van der Waals surface area contributed by atoms with Crippen molar-refractivity contribution in [2.45, 2.75) is 33.2 Å². The lowest BCUT2D eigenvalue weighted by molar-refractivity contribution is 0.0234. The molecule has 7 nitrogen and oxygen atoms in total. The van der Waals surface area contributed by atoms with Crippen LogP contribution >= 0.6 is 8.61 Å². The Morgan fingerprint density at radius 1 is 1.06 bits per heavy atom. The molecule has 0 unspecified atom stereocenters. The van der Waals surface area contributed by atoms with E-state index in [0.29, 0.717) is 32.5 Å². The summed E-state index contributed by atoms with van der Waals surface area (Å²) >= 11 is 0. The fourth-order valence-electron chi connectivity index (χ4n) is 1.46. The third-order valence-corrected chi connectivity index (χ3v) is 5.32.